The van der Waals surface area contributed by atoms with Gasteiger partial charge in [0.25, 0.3) is 0 Å². The van der Waals surface area contributed by atoms with E-state index >= 15 is 0 Å². The summed E-state index contributed by atoms with van der Waals surface area (Å²) in [4.78, 5) is 0. The predicted molar refractivity (Wildman–Crippen MR) is 30.3 cm³/mol. The van der Waals surface area contributed by atoms with Crippen molar-refractivity contribution in [3.63, 3.8) is 0 Å². The maximum atomic E-state index is 11.5. The van der Waals surface area contributed by atoms with Crippen molar-refractivity contribution in [3.05, 3.63) is 0 Å². The molecule has 0 saturated carbocycles. The summed E-state index contributed by atoms with van der Waals surface area (Å²) in [6.45, 7) is 0. The number of alkyl halides is 5. The van der Waals surface area contributed by atoms with Crippen molar-refractivity contribution in [2.24, 2.45) is 0 Å². The van der Waals surface area contributed by atoms with E-state index in [0.717, 1.165) is 0 Å². The van der Waals surface area contributed by atoms with Crippen LogP contribution in [0.15, 0.2) is 0 Å². The first-order chi connectivity index (χ1) is 4.92. The van der Waals surface area contributed by atoms with Crippen molar-refractivity contribution >= 4 is 9.63 Å². The lowest BCUT2D eigenvalue weighted by atomic mass is 10.8. The molecule has 0 saturated heterocycles. The minimum Gasteiger partial charge on any atom is -0.303 e. The van der Waals surface area contributed by atoms with Crippen LogP contribution in [0.1, 0.15) is 0 Å². The Morgan fingerprint density at radius 1 is 1.25 bits per heavy atom. The van der Waals surface area contributed by atoms with Gasteiger partial charge < -0.3 is 9.11 Å². The van der Waals surface area contributed by atoms with Crippen LogP contribution >= 0.6 is 0 Å². The summed E-state index contributed by atoms with van der Waals surface area (Å²) in [5.41, 5.74) is 0. The highest BCUT2D eigenvalue weighted by Gasteiger charge is 2.51. The maximum absolute atomic E-state index is 11.5. The van der Waals surface area contributed by atoms with E-state index < -0.39 is 27.3 Å². The van der Waals surface area contributed by atoms with Crippen LogP contribution in [0, 0.1) is 0 Å². The molecule has 2 N–H and O–H groups in total. The molecule has 0 aliphatic rings. The largest absolute Gasteiger partial charge is 0.403 e. The first-order valence-electron chi connectivity index (χ1n) is 2.41. The van der Waals surface area contributed by atoms with E-state index in [-0.39, 0.29) is 0 Å². The van der Waals surface area contributed by atoms with E-state index in [9.17, 15) is 26.2 Å². The van der Waals surface area contributed by atoms with E-state index in [4.69, 9.17) is 9.11 Å². The highest BCUT2D eigenvalue weighted by Crippen LogP contribution is 2.32. The van der Waals surface area contributed by atoms with Gasteiger partial charge in [0.05, 0.1) is 0 Å². The van der Waals surface area contributed by atoms with E-state index in [0.29, 0.717) is 0 Å². The van der Waals surface area contributed by atoms with Crippen LogP contribution in [0.4, 0.5) is 22.0 Å². The van der Waals surface area contributed by atoms with Crippen LogP contribution in [-0.2, 0) is 9.63 Å². The molecule has 12 heavy (non-hydrogen) atoms. The molecule has 76 valence electrons. The Hall–Kier alpha value is -0.280. The first-order valence-corrected chi connectivity index (χ1v) is 4.53. The lowest BCUT2D eigenvalue weighted by molar-refractivity contribution is -0.110. The van der Waals surface area contributed by atoms with Crippen LogP contribution in [0.2, 0.25) is 0 Å². The Bertz CT molecular complexity index is 227. The smallest absolute Gasteiger partial charge is 0.303 e. The molecule has 0 heterocycles. The van der Waals surface area contributed by atoms with Gasteiger partial charge in [-0.15, -0.1) is 0 Å². The Kier molecular flexibility index (Phi) is 2.54. The summed E-state index contributed by atoms with van der Waals surface area (Å²) in [6, 6.07) is 0. The van der Waals surface area contributed by atoms with E-state index in [1.165, 1.54) is 0 Å². The van der Waals surface area contributed by atoms with Crippen LogP contribution in [-0.4, -0.2) is 31.0 Å². The van der Waals surface area contributed by atoms with E-state index in [2.05, 4.69) is 0 Å². The summed E-state index contributed by atoms with van der Waals surface area (Å²) >= 11 is 0. The molecular formula is C3H5F5O3S. The van der Waals surface area contributed by atoms with Crippen molar-refractivity contribution in [2.75, 3.05) is 5.75 Å². The zero-order valence-electron chi connectivity index (χ0n) is 5.39. The summed E-state index contributed by atoms with van der Waals surface area (Å²) in [6.07, 6.45) is -5.32. The lowest BCUT2D eigenvalue weighted by Gasteiger charge is -2.29. The van der Waals surface area contributed by atoms with Gasteiger partial charge in [-0.25, -0.2) is 4.21 Å². The third-order valence-electron chi connectivity index (χ3n) is 0.793. The summed E-state index contributed by atoms with van der Waals surface area (Å²) < 4.78 is 83.1. The molecule has 0 aliphatic carbocycles. The fraction of sp³-hybridized carbons (Fsp3) is 1.00. The summed E-state index contributed by atoms with van der Waals surface area (Å²) in [5, 5.41) is 0. The van der Waals surface area contributed by atoms with Gasteiger partial charge >= 0.3 is 11.9 Å². The molecule has 0 aromatic rings. The quantitative estimate of drug-likeness (QED) is 0.688. The highest BCUT2D eigenvalue weighted by atomic mass is 32.3. The second-order valence-electron chi connectivity index (χ2n) is 2.10. The maximum Gasteiger partial charge on any atom is 0.403 e. The predicted octanol–water partition coefficient (Wildman–Crippen LogP) is 1.54. The van der Waals surface area contributed by atoms with Gasteiger partial charge in [0.2, 0.25) is 0 Å². The van der Waals surface area contributed by atoms with Crippen molar-refractivity contribution < 1.29 is 35.3 Å². The monoisotopic (exact) mass is 216 g/mol. The standard InChI is InChI=1S/C3H5F5O3S/c4-2(5)12(9,10,11)1-3(6,7)8/h2H,1H2,(H2,9,10,11). The van der Waals surface area contributed by atoms with Crippen LogP contribution in [0.3, 0.4) is 0 Å². The van der Waals surface area contributed by atoms with Crippen molar-refractivity contribution in [2.45, 2.75) is 11.9 Å². The van der Waals surface area contributed by atoms with Crippen molar-refractivity contribution in [1.29, 1.82) is 0 Å². The van der Waals surface area contributed by atoms with Crippen molar-refractivity contribution in [3.8, 4) is 0 Å². The molecule has 0 aromatic carbocycles. The molecule has 0 rings (SSSR count). The molecular weight excluding hydrogens is 211 g/mol. The topological polar surface area (TPSA) is 57.5 Å². The third kappa shape index (κ3) is 3.41. The van der Waals surface area contributed by atoms with Gasteiger partial charge in [0, 0.05) is 0 Å². The molecule has 9 heteroatoms. The zero-order chi connectivity index (χ0) is 10.2. The summed E-state index contributed by atoms with van der Waals surface area (Å²) in [7, 11) is -6.84. The number of halogens is 5. The van der Waals surface area contributed by atoms with Gasteiger partial charge in [-0.3, -0.25) is 0 Å². The second-order valence-corrected chi connectivity index (χ2v) is 4.91. The minimum atomic E-state index is -6.84. The van der Waals surface area contributed by atoms with Crippen molar-refractivity contribution in [1.82, 2.24) is 0 Å². The molecule has 0 atom stereocenters. The third-order valence-corrected chi connectivity index (χ3v) is 2.38. The van der Waals surface area contributed by atoms with E-state index in [1.54, 1.807) is 0 Å². The van der Waals surface area contributed by atoms with Crippen LogP contribution < -0.4 is 0 Å². The van der Waals surface area contributed by atoms with Gasteiger partial charge in [0.15, 0.2) is 9.63 Å². The molecule has 0 fully saturated rings. The summed E-state index contributed by atoms with van der Waals surface area (Å²) in [5.74, 6) is -7.15. The fourth-order valence-electron chi connectivity index (χ4n) is 0.371. The van der Waals surface area contributed by atoms with E-state index in [1.807, 2.05) is 0 Å². The molecule has 0 bridgehead atoms. The molecule has 0 amide bonds. The highest BCUT2D eigenvalue weighted by molar-refractivity contribution is 8.10. The molecule has 0 unspecified atom stereocenters. The van der Waals surface area contributed by atoms with Gasteiger partial charge in [-0.2, -0.15) is 22.0 Å². The zero-order valence-corrected chi connectivity index (χ0v) is 6.20. The Balaban J connectivity index is 4.75. The number of rotatable bonds is 2. The Labute approximate surface area is 63.6 Å². The minimum absolute atomic E-state index is 2.82. The number of hydrogen-bond acceptors (Lipinski definition) is 1. The fourth-order valence-corrected chi connectivity index (χ4v) is 1.11. The number of hydrogen-bond donors (Lipinski definition) is 2. The first kappa shape index (κ1) is 11.7. The molecule has 0 aliphatic heterocycles. The molecule has 0 spiro atoms. The van der Waals surface area contributed by atoms with Crippen LogP contribution in [0.5, 0.6) is 0 Å². The lowest BCUT2D eigenvalue weighted by Crippen LogP contribution is -2.47. The SMILES string of the molecule is O=S(O)(O)(CC(F)(F)F)C(F)F. The molecule has 0 radical (unpaired) electrons. The second kappa shape index (κ2) is 2.60. The average Bonchev–Trinajstić information content (AvgIpc) is 1.53. The van der Waals surface area contributed by atoms with Gasteiger partial charge in [0.1, 0.15) is 5.75 Å². The van der Waals surface area contributed by atoms with Crippen LogP contribution in [0.25, 0.3) is 0 Å². The average molecular weight is 216 g/mol. The Morgan fingerprint density at radius 2 is 1.58 bits per heavy atom. The Morgan fingerprint density at radius 3 is 1.67 bits per heavy atom. The molecule has 3 nitrogen and oxygen atoms in total. The van der Waals surface area contributed by atoms with Gasteiger partial charge in [-0.05, 0) is 0 Å². The normalized spacial score (nSPS) is 17.5. The molecule has 0 aromatic heterocycles. The van der Waals surface area contributed by atoms with Gasteiger partial charge in [-0.1, -0.05) is 0 Å².